The summed E-state index contributed by atoms with van der Waals surface area (Å²) in [6.07, 6.45) is 4.31. The van der Waals surface area contributed by atoms with Gasteiger partial charge in [0.05, 0.1) is 11.1 Å². The standard InChI is InChI=1S/C13H17N3O3S2/c1-7-16(9(6-20-7)11(17)18)13(19)15-12-14-8-4-2-3-5-10(8)21-12/h7,9H,2-6H2,1H3,(H,17,18)(H,14,15,19). The molecule has 1 aromatic heterocycles. The number of aliphatic carboxylic acids is 1. The zero-order valence-electron chi connectivity index (χ0n) is 11.7. The van der Waals surface area contributed by atoms with E-state index in [1.807, 2.05) is 6.92 Å². The highest BCUT2D eigenvalue weighted by Crippen LogP contribution is 2.32. The van der Waals surface area contributed by atoms with Gasteiger partial charge >= 0.3 is 12.0 Å². The number of amides is 2. The number of carbonyl (C=O) groups excluding carboxylic acids is 1. The summed E-state index contributed by atoms with van der Waals surface area (Å²) in [7, 11) is 0. The Kier molecular flexibility index (Phi) is 4.08. The minimum Gasteiger partial charge on any atom is -0.480 e. The normalized spacial score (nSPS) is 24.7. The van der Waals surface area contributed by atoms with Crippen molar-refractivity contribution in [3.8, 4) is 0 Å². The first-order valence-electron chi connectivity index (χ1n) is 6.98. The summed E-state index contributed by atoms with van der Waals surface area (Å²) in [5.74, 6) is -0.529. The van der Waals surface area contributed by atoms with Gasteiger partial charge in [-0.2, -0.15) is 0 Å². The number of fused-ring (bicyclic) bond motifs is 1. The van der Waals surface area contributed by atoms with Gasteiger partial charge in [0.1, 0.15) is 6.04 Å². The van der Waals surface area contributed by atoms with Crippen molar-refractivity contribution in [1.82, 2.24) is 9.88 Å². The number of aromatic nitrogens is 1. The Labute approximate surface area is 130 Å². The Morgan fingerprint density at radius 2 is 2.14 bits per heavy atom. The lowest BCUT2D eigenvalue weighted by atomic mass is 10.0. The molecule has 8 heteroatoms. The highest BCUT2D eigenvalue weighted by atomic mass is 32.2. The van der Waals surface area contributed by atoms with Crippen LogP contribution in [0.1, 0.15) is 30.3 Å². The lowest BCUT2D eigenvalue weighted by Crippen LogP contribution is -2.46. The van der Waals surface area contributed by atoms with Crippen molar-refractivity contribution >= 4 is 40.2 Å². The van der Waals surface area contributed by atoms with Crippen molar-refractivity contribution in [1.29, 1.82) is 0 Å². The van der Waals surface area contributed by atoms with Crippen LogP contribution >= 0.6 is 23.1 Å². The zero-order chi connectivity index (χ0) is 15.0. The lowest BCUT2D eigenvalue weighted by Gasteiger charge is -2.24. The fraction of sp³-hybridized carbons (Fsp3) is 0.615. The van der Waals surface area contributed by atoms with Crippen LogP contribution in [0.5, 0.6) is 0 Å². The number of rotatable bonds is 2. The lowest BCUT2D eigenvalue weighted by molar-refractivity contribution is -0.141. The van der Waals surface area contributed by atoms with Crippen LogP contribution in [0, 0.1) is 0 Å². The van der Waals surface area contributed by atoms with Crippen molar-refractivity contribution < 1.29 is 14.7 Å². The highest BCUT2D eigenvalue weighted by Gasteiger charge is 2.39. The number of carbonyl (C=O) groups is 2. The van der Waals surface area contributed by atoms with Crippen LogP contribution in [0.25, 0.3) is 0 Å². The number of aryl methyl sites for hydroxylation is 2. The molecule has 1 aliphatic heterocycles. The van der Waals surface area contributed by atoms with Crippen LogP contribution in [0.3, 0.4) is 0 Å². The van der Waals surface area contributed by atoms with Crippen LogP contribution in [-0.4, -0.2) is 44.2 Å². The number of carboxylic acid groups (broad SMARTS) is 1. The average Bonchev–Trinajstić information content (AvgIpc) is 3.01. The maximum atomic E-state index is 12.4. The summed E-state index contributed by atoms with van der Waals surface area (Å²) >= 11 is 2.98. The van der Waals surface area contributed by atoms with Crippen molar-refractivity contribution in [2.45, 2.75) is 44.0 Å². The number of carboxylic acids is 1. The van der Waals surface area contributed by atoms with Gasteiger partial charge in [-0.25, -0.2) is 14.6 Å². The predicted octanol–water partition coefficient (Wildman–Crippen LogP) is 2.40. The van der Waals surface area contributed by atoms with Gasteiger partial charge in [0, 0.05) is 10.6 Å². The quantitative estimate of drug-likeness (QED) is 0.871. The first kappa shape index (κ1) is 14.6. The number of nitrogens with one attached hydrogen (secondary N) is 1. The highest BCUT2D eigenvalue weighted by molar-refractivity contribution is 8.00. The van der Waals surface area contributed by atoms with E-state index in [2.05, 4.69) is 10.3 Å². The van der Waals surface area contributed by atoms with E-state index >= 15 is 0 Å². The topological polar surface area (TPSA) is 82.5 Å². The minimum absolute atomic E-state index is 0.138. The first-order chi connectivity index (χ1) is 10.1. The van der Waals surface area contributed by atoms with E-state index in [9.17, 15) is 14.7 Å². The first-order valence-corrected chi connectivity index (χ1v) is 8.85. The Bertz CT molecular complexity index is 552. The number of urea groups is 1. The van der Waals surface area contributed by atoms with E-state index in [1.54, 1.807) is 0 Å². The number of thioether (sulfide) groups is 1. The largest absolute Gasteiger partial charge is 0.480 e. The average molecular weight is 327 g/mol. The van der Waals surface area contributed by atoms with Gasteiger partial charge in [-0.3, -0.25) is 10.2 Å². The van der Waals surface area contributed by atoms with Crippen LogP contribution in [0.2, 0.25) is 0 Å². The Morgan fingerprint density at radius 3 is 2.86 bits per heavy atom. The summed E-state index contributed by atoms with van der Waals surface area (Å²) in [5, 5.41) is 12.4. The summed E-state index contributed by atoms with van der Waals surface area (Å²) in [5.41, 5.74) is 1.08. The van der Waals surface area contributed by atoms with E-state index in [4.69, 9.17) is 0 Å². The molecule has 1 aromatic rings. The summed E-state index contributed by atoms with van der Waals surface area (Å²) in [4.78, 5) is 30.7. The number of hydrogen-bond donors (Lipinski definition) is 2. The Balaban J connectivity index is 1.73. The third-order valence-corrected chi connectivity index (χ3v) is 6.09. The molecule has 21 heavy (non-hydrogen) atoms. The summed E-state index contributed by atoms with van der Waals surface area (Å²) in [6, 6.07) is -1.13. The molecule has 6 nitrogen and oxygen atoms in total. The third-order valence-electron chi connectivity index (χ3n) is 3.80. The number of anilines is 1. The van der Waals surface area contributed by atoms with Gasteiger partial charge in [-0.05, 0) is 32.6 Å². The van der Waals surface area contributed by atoms with E-state index < -0.39 is 12.0 Å². The van der Waals surface area contributed by atoms with Gasteiger partial charge in [-0.15, -0.1) is 23.1 Å². The second-order valence-electron chi connectivity index (χ2n) is 5.22. The number of hydrogen-bond acceptors (Lipinski definition) is 5. The van der Waals surface area contributed by atoms with E-state index in [0.717, 1.165) is 25.0 Å². The maximum absolute atomic E-state index is 12.4. The van der Waals surface area contributed by atoms with Gasteiger partial charge < -0.3 is 5.11 Å². The fourth-order valence-electron chi connectivity index (χ4n) is 2.70. The van der Waals surface area contributed by atoms with Gasteiger partial charge in [0.15, 0.2) is 5.13 Å². The molecule has 1 fully saturated rings. The molecule has 1 saturated heterocycles. The second kappa shape index (κ2) is 5.84. The molecule has 2 heterocycles. The van der Waals surface area contributed by atoms with Crippen molar-refractivity contribution in [3.05, 3.63) is 10.6 Å². The molecule has 0 radical (unpaired) electrons. The van der Waals surface area contributed by atoms with Crippen LogP contribution < -0.4 is 5.32 Å². The molecule has 2 unspecified atom stereocenters. The molecular weight excluding hydrogens is 310 g/mol. The number of thiazole rings is 1. The van der Waals surface area contributed by atoms with E-state index in [1.165, 1.54) is 39.3 Å². The van der Waals surface area contributed by atoms with E-state index in [0.29, 0.717) is 10.9 Å². The SMILES string of the molecule is CC1SCC(C(=O)O)N1C(=O)Nc1nc2c(s1)CCCC2. The van der Waals surface area contributed by atoms with Crippen molar-refractivity contribution in [2.24, 2.45) is 0 Å². The molecule has 0 aromatic carbocycles. The van der Waals surface area contributed by atoms with E-state index in [-0.39, 0.29) is 11.4 Å². The molecular formula is C13H17N3O3S2. The molecule has 0 spiro atoms. The Hall–Kier alpha value is -1.28. The molecule has 1 aliphatic carbocycles. The molecule has 0 saturated carbocycles. The molecule has 2 N–H and O–H groups in total. The summed E-state index contributed by atoms with van der Waals surface area (Å²) < 4.78 is 0. The molecule has 2 aliphatic rings. The fourth-order valence-corrected chi connectivity index (χ4v) is 4.91. The molecule has 0 bridgehead atoms. The molecule has 3 rings (SSSR count). The van der Waals surface area contributed by atoms with Crippen LogP contribution in [0.4, 0.5) is 9.93 Å². The van der Waals surface area contributed by atoms with Gasteiger partial charge in [0.25, 0.3) is 0 Å². The van der Waals surface area contributed by atoms with Gasteiger partial charge in [0.2, 0.25) is 0 Å². The molecule has 114 valence electrons. The monoisotopic (exact) mass is 327 g/mol. The second-order valence-corrected chi connectivity index (χ2v) is 7.65. The molecule has 2 atom stereocenters. The maximum Gasteiger partial charge on any atom is 0.327 e. The number of nitrogens with zero attached hydrogens (tertiary/aromatic N) is 2. The summed E-state index contributed by atoms with van der Waals surface area (Å²) in [6.45, 7) is 1.85. The third kappa shape index (κ3) is 2.87. The van der Waals surface area contributed by atoms with Crippen molar-refractivity contribution in [3.63, 3.8) is 0 Å². The smallest absolute Gasteiger partial charge is 0.327 e. The molecule has 2 amide bonds. The predicted molar refractivity (Wildman–Crippen MR) is 83.0 cm³/mol. The van der Waals surface area contributed by atoms with Crippen molar-refractivity contribution in [2.75, 3.05) is 11.1 Å². The Morgan fingerprint density at radius 1 is 1.38 bits per heavy atom. The van der Waals surface area contributed by atoms with Crippen LogP contribution in [0.15, 0.2) is 0 Å². The minimum atomic E-state index is -0.958. The zero-order valence-corrected chi connectivity index (χ0v) is 13.3. The van der Waals surface area contributed by atoms with Crippen LogP contribution in [-0.2, 0) is 17.6 Å². The van der Waals surface area contributed by atoms with Gasteiger partial charge in [-0.1, -0.05) is 0 Å².